The van der Waals surface area contributed by atoms with Crippen LogP contribution in [0, 0.1) is 0 Å². The minimum atomic E-state index is -0.942. The summed E-state index contributed by atoms with van der Waals surface area (Å²) >= 11 is 0. The topological polar surface area (TPSA) is 319 Å². The van der Waals surface area contributed by atoms with E-state index in [2.05, 4.69) is 136 Å². The smallest absolute Gasteiger partial charge is 0.407 e. The molecular weight excluding hydrogens is 1100 g/mol. The van der Waals surface area contributed by atoms with Crippen molar-refractivity contribution in [1.29, 1.82) is 0 Å². The highest BCUT2D eigenvalue weighted by molar-refractivity contribution is 5.94. The Labute approximate surface area is 521 Å². The fourth-order valence-electron chi connectivity index (χ4n) is 6.73. The van der Waals surface area contributed by atoms with Gasteiger partial charge in [0.05, 0.1) is 16.7 Å². The second-order valence-corrected chi connectivity index (χ2v) is 20.6. The Bertz CT molecular complexity index is 2350. The summed E-state index contributed by atoms with van der Waals surface area (Å²) in [6, 6.07) is 10.0. The summed E-state index contributed by atoms with van der Waals surface area (Å²) in [7, 11) is 7.92. The molecule has 0 saturated carbocycles. The number of aromatic carboxylic acids is 1. The van der Waals surface area contributed by atoms with E-state index in [9.17, 15) is 24.0 Å². The fraction of sp³-hybridized carbons (Fsp3) is 0.508. The van der Waals surface area contributed by atoms with Crippen LogP contribution in [0.5, 0.6) is 0 Å². The minimum absolute atomic E-state index is 0.0628. The molecule has 0 aliphatic rings. The number of carbonyl (C=O) groups excluding carboxylic acids is 4. The fourth-order valence-corrected chi connectivity index (χ4v) is 6.73. The third-order valence-corrected chi connectivity index (χ3v) is 11.5. The van der Waals surface area contributed by atoms with E-state index in [-0.39, 0.29) is 29.4 Å². The first-order valence-corrected chi connectivity index (χ1v) is 30.0. The van der Waals surface area contributed by atoms with E-state index in [1.54, 1.807) is 55.1 Å². The van der Waals surface area contributed by atoms with Gasteiger partial charge in [0, 0.05) is 148 Å². The predicted octanol–water partition coefficient (Wildman–Crippen LogP) is 6.06. The molecule has 0 aromatic carbocycles. The maximum absolute atomic E-state index is 12.0. The molecule has 0 unspecified atom stereocenters. The minimum Gasteiger partial charge on any atom is -0.478 e. The van der Waals surface area contributed by atoms with Gasteiger partial charge in [0.25, 0.3) is 11.8 Å². The number of likely N-dealkylation sites (N-methyl/N-ethyl adjacent to an activating group) is 4. The third-order valence-electron chi connectivity index (χ3n) is 11.5. The van der Waals surface area contributed by atoms with Gasteiger partial charge in [0.1, 0.15) is 5.60 Å². The predicted molar refractivity (Wildman–Crippen MR) is 355 cm³/mol. The highest BCUT2D eigenvalue weighted by Crippen LogP contribution is 2.06. The first kappa shape index (κ1) is 81.8. The van der Waals surface area contributed by atoms with Gasteiger partial charge >= 0.3 is 12.1 Å². The third kappa shape index (κ3) is 56.3. The van der Waals surface area contributed by atoms with Crippen LogP contribution in [-0.4, -0.2) is 208 Å². The maximum atomic E-state index is 12.0. The standard InChI is InChI=1S/C33H48N4O2.C11H18N4O.C10H23N3O2.C6H5NO2.C5H15N3/c1-3-4-5-6-7-8-9-10-11-12-13-14-15-16-17-18-19-20-21-24-32(38)35-26-28-37(2)29-27-36-33(39)31-23-22-25-34-30-31;1-15(7-4-12)8-6-14-11(16)10-3-2-5-13-9-10;1-10(2,3)15-9(14)12-6-8-13(4)7-5-11;8-6(9)5-2-1-3-7-4-5;1-8(4-2-6)5-3-7/h4-5,7-8,10-11,13-14,16-17,19-20,22-23,25,30H,3,6,9,12,15,18,21,24,26-29H2,1-2H3,(H,35,38)(H,36,39);2-3,5,9H,4,6-8,12H2,1H3,(H,14,16);5-8,11H2,1-4H3,(H,12,14);1-4H,(H,8,9);2-7H2,1H3/b5-4-,8-7-,11-10-,14-13-,17-16-,20-19-;;;;. The van der Waals surface area contributed by atoms with Crippen LogP contribution in [0.25, 0.3) is 0 Å². The number of hydrogen-bond donors (Lipinski definition) is 9. The number of carbonyl (C=O) groups is 5. The van der Waals surface area contributed by atoms with Crippen molar-refractivity contribution in [3.8, 4) is 0 Å². The van der Waals surface area contributed by atoms with E-state index in [1.807, 2.05) is 49.0 Å². The molecule has 3 aromatic heterocycles. The number of hydrogen-bond acceptors (Lipinski definition) is 17. The number of ether oxygens (including phenoxy) is 1. The van der Waals surface area contributed by atoms with Gasteiger partial charge in [-0.05, 0) is 130 Å². The highest BCUT2D eigenvalue weighted by Gasteiger charge is 2.15. The van der Waals surface area contributed by atoms with Crippen LogP contribution in [0.1, 0.15) is 110 Å². The van der Waals surface area contributed by atoms with Gasteiger partial charge in [-0.1, -0.05) is 79.8 Å². The van der Waals surface area contributed by atoms with Crippen LogP contribution >= 0.6 is 0 Å². The Morgan fingerprint density at radius 1 is 0.483 bits per heavy atom. The van der Waals surface area contributed by atoms with Crippen LogP contribution < -0.4 is 44.2 Å². The van der Waals surface area contributed by atoms with Crippen LogP contribution in [0.4, 0.5) is 4.79 Å². The molecule has 0 atom stereocenters. The molecule has 22 heteroatoms. The zero-order chi connectivity index (χ0) is 65.0. The summed E-state index contributed by atoms with van der Waals surface area (Å²) in [6.45, 7) is 19.3. The summed E-state index contributed by atoms with van der Waals surface area (Å²) < 4.78 is 5.09. The molecule has 4 amide bonds. The zero-order valence-corrected chi connectivity index (χ0v) is 53.7. The average molecular weight is 1210 g/mol. The molecule has 0 aliphatic heterocycles. The van der Waals surface area contributed by atoms with Crippen molar-refractivity contribution in [2.45, 2.75) is 84.7 Å². The Hall–Kier alpha value is -7.28. The lowest BCUT2D eigenvalue weighted by atomic mass is 10.2. The lowest BCUT2D eigenvalue weighted by Crippen LogP contribution is -2.38. The molecule has 486 valence electrons. The second-order valence-electron chi connectivity index (χ2n) is 20.6. The van der Waals surface area contributed by atoms with Gasteiger partial charge in [-0.3, -0.25) is 29.3 Å². The van der Waals surface area contributed by atoms with Gasteiger partial charge in [0.15, 0.2) is 0 Å². The SMILES string of the molecule is CC/C=C\C/C=C\C/C=C\C/C=C\C/C=C\C/C=C\CCC(=O)NCCN(C)CCNC(=O)c1cccnc1.CN(CCN)CCN.CN(CCN)CCNC(=O)OC(C)(C)C.CN(CCN)CCNC(=O)c1cccnc1.O=C(O)c1cccnc1. The highest BCUT2D eigenvalue weighted by atomic mass is 16.6. The average Bonchev–Trinajstić information content (AvgIpc) is 3.52. The van der Waals surface area contributed by atoms with Crippen molar-refractivity contribution in [3.05, 3.63) is 163 Å². The van der Waals surface area contributed by atoms with E-state index in [0.717, 1.165) is 104 Å². The zero-order valence-electron chi connectivity index (χ0n) is 53.7. The molecule has 22 nitrogen and oxygen atoms in total. The number of nitrogens with two attached hydrogens (primary N) is 4. The maximum Gasteiger partial charge on any atom is 0.407 e. The van der Waals surface area contributed by atoms with Crippen molar-refractivity contribution < 1.29 is 33.8 Å². The van der Waals surface area contributed by atoms with Crippen LogP contribution in [0.15, 0.2) is 146 Å². The number of carboxylic acid groups (broad SMARTS) is 1. The number of carboxylic acids is 1. The Kier molecular flexibility index (Phi) is 54.3. The molecule has 13 N–H and O–H groups in total. The van der Waals surface area contributed by atoms with Crippen molar-refractivity contribution in [2.75, 3.05) is 133 Å². The number of alkyl carbamates (subject to hydrolysis) is 1. The molecule has 0 aliphatic carbocycles. The molecule has 3 aromatic rings. The number of allylic oxidation sites excluding steroid dienone is 12. The van der Waals surface area contributed by atoms with E-state index in [0.29, 0.717) is 63.4 Å². The molecule has 0 radical (unpaired) electrons. The normalized spacial score (nSPS) is 11.4. The Morgan fingerprint density at radius 2 is 0.805 bits per heavy atom. The number of amides is 4. The van der Waals surface area contributed by atoms with Crippen LogP contribution in [0.3, 0.4) is 0 Å². The van der Waals surface area contributed by atoms with E-state index in [4.69, 9.17) is 32.8 Å². The summed E-state index contributed by atoms with van der Waals surface area (Å²) in [6.07, 6.45) is 42.1. The number of rotatable bonds is 37. The second kappa shape index (κ2) is 57.8. The van der Waals surface area contributed by atoms with Crippen LogP contribution in [-0.2, 0) is 9.53 Å². The van der Waals surface area contributed by atoms with E-state index < -0.39 is 11.6 Å². The van der Waals surface area contributed by atoms with E-state index >= 15 is 0 Å². The van der Waals surface area contributed by atoms with Crippen molar-refractivity contribution >= 4 is 29.8 Å². The summed E-state index contributed by atoms with van der Waals surface area (Å²) in [5, 5.41) is 19.7. The van der Waals surface area contributed by atoms with Gasteiger partial charge < -0.3 is 73.6 Å². The molecule has 87 heavy (non-hydrogen) atoms. The summed E-state index contributed by atoms with van der Waals surface area (Å²) in [5.74, 6) is -1.09. The van der Waals surface area contributed by atoms with Crippen molar-refractivity contribution in [1.82, 2.24) is 55.8 Å². The van der Waals surface area contributed by atoms with E-state index in [1.165, 1.54) is 18.5 Å². The van der Waals surface area contributed by atoms with Crippen molar-refractivity contribution in [3.63, 3.8) is 0 Å². The van der Waals surface area contributed by atoms with Crippen molar-refractivity contribution in [2.24, 2.45) is 22.9 Å². The monoisotopic (exact) mass is 1210 g/mol. The molecule has 3 rings (SSSR count). The molecule has 0 bridgehead atoms. The molecule has 3 heterocycles. The summed E-state index contributed by atoms with van der Waals surface area (Å²) in [5.41, 5.74) is 22.3. The van der Waals surface area contributed by atoms with Gasteiger partial charge in [0.2, 0.25) is 5.91 Å². The first-order valence-electron chi connectivity index (χ1n) is 30.0. The molecule has 0 fully saturated rings. The van der Waals surface area contributed by atoms with Gasteiger partial charge in [-0.15, -0.1) is 0 Å². The number of nitrogens with zero attached hydrogens (tertiary/aromatic N) is 7. The number of nitrogens with one attached hydrogen (secondary N) is 4. The molecule has 0 spiro atoms. The first-order chi connectivity index (χ1) is 41.8. The van der Waals surface area contributed by atoms with Gasteiger partial charge in [-0.25, -0.2) is 9.59 Å². The lowest BCUT2D eigenvalue weighted by molar-refractivity contribution is -0.121. The quantitative estimate of drug-likeness (QED) is 0.0296. The Balaban J connectivity index is 0. The molecular formula is C65H109N15O7. The number of aromatic nitrogens is 3. The molecule has 0 saturated heterocycles. The lowest BCUT2D eigenvalue weighted by Gasteiger charge is -2.20. The largest absolute Gasteiger partial charge is 0.478 e. The van der Waals surface area contributed by atoms with Crippen LogP contribution in [0.2, 0.25) is 0 Å². The van der Waals surface area contributed by atoms with Gasteiger partial charge in [-0.2, -0.15) is 0 Å². The summed E-state index contributed by atoms with van der Waals surface area (Å²) in [4.78, 5) is 76.8. The Morgan fingerprint density at radius 3 is 1.13 bits per heavy atom. The number of pyridine rings is 3.